The van der Waals surface area contributed by atoms with E-state index in [-0.39, 0.29) is 23.1 Å². The molecule has 4 aromatic heterocycles. The number of ether oxygens (including phenoxy) is 4. The third kappa shape index (κ3) is 12.4. The van der Waals surface area contributed by atoms with E-state index < -0.39 is 7.12 Å². The Morgan fingerprint density at radius 3 is 1.57 bits per heavy atom. The molecule has 0 radical (unpaired) electrons. The number of carbonyl (C=O) groups excluding carboxylic acids is 2. The fraction of sp³-hybridized carbons (Fsp3) is 0.367. The second-order valence-electron chi connectivity index (χ2n) is 20.8. The Balaban J connectivity index is 0.000000145. The van der Waals surface area contributed by atoms with Crippen LogP contribution >= 0.6 is 38.6 Å². The van der Waals surface area contributed by atoms with E-state index in [0.29, 0.717) is 46.2 Å². The van der Waals surface area contributed by atoms with Crippen LogP contribution in [0.3, 0.4) is 0 Å². The van der Waals surface area contributed by atoms with Crippen LogP contribution < -0.4 is 26.4 Å². The number of nitrogen functional groups attached to an aromatic ring is 2. The molecule has 4 aromatic carbocycles. The Morgan fingerprint density at radius 1 is 0.618 bits per heavy atom. The highest BCUT2D eigenvalue weighted by molar-refractivity contribution is 9.10. The van der Waals surface area contributed by atoms with Gasteiger partial charge < -0.3 is 49.7 Å². The summed E-state index contributed by atoms with van der Waals surface area (Å²) in [5, 5.41) is 0. The number of halogens is 1. The second-order valence-corrected chi connectivity index (χ2v) is 23.7. The number of aromatic amines is 2. The minimum Gasteiger partial charge on any atom is -0.489 e. The molecule has 5 heterocycles. The number of hydrogen-bond acceptors (Lipinski definition) is 12. The first kappa shape index (κ1) is 54.7. The van der Waals surface area contributed by atoms with Gasteiger partial charge in [-0.05, 0) is 128 Å². The van der Waals surface area contributed by atoms with E-state index in [4.69, 9.17) is 39.7 Å². The number of methoxy groups -OCH3 is 2. The molecule has 1 aliphatic heterocycles. The van der Waals surface area contributed by atoms with Gasteiger partial charge in [0, 0.05) is 40.1 Å². The molecule has 3 aliphatic rings. The molecule has 6 N–H and O–H groups in total. The summed E-state index contributed by atoms with van der Waals surface area (Å²) in [6.45, 7) is 9.12. The maximum atomic E-state index is 12.1. The number of rotatable bonds is 12. The molecule has 0 amide bonds. The van der Waals surface area contributed by atoms with Crippen LogP contribution in [0, 0.1) is 0 Å². The second kappa shape index (κ2) is 24.1. The molecule has 12 nitrogen and oxygen atoms in total. The number of thiophene rings is 2. The molecule has 0 spiro atoms. The van der Waals surface area contributed by atoms with Gasteiger partial charge in [-0.25, -0.2) is 9.59 Å². The number of nitrogens with two attached hydrogens (primary N) is 2. The van der Waals surface area contributed by atoms with Crippen molar-refractivity contribution in [2.24, 2.45) is 0 Å². The highest BCUT2D eigenvalue weighted by Crippen LogP contribution is 2.47. The highest BCUT2D eigenvalue weighted by atomic mass is 79.9. The van der Waals surface area contributed by atoms with Crippen molar-refractivity contribution in [2.75, 3.05) is 25.7 Å². The molecule has 8 aromatic rings. The van der Waals surface area contributed by atoms with Gasteiger partial charge >= 0.3 is 19.1 Å². The maximum absolute atomic E-state index is 12.1. The molecule has 0 unspecified atom stereocenters. The zero-order valence-corrected chi connectivity index (χ0v) is 47.4. The predicted molar refractivity (Wildman–Crippen MR) is 312 cm³/mol. The van der Waals surface area contributed by atoms with Gasteiger partial charge in [0.1, 0.15) is 34.5 Å². The van der Waals surface area contributed by atoms with Crippen LogP contribution in [0.1, 0.15) is 145 Å². The van der Waals surface area contributed by atoms with Crippen LogP contribution in [0.25, 0.3) is 31.7 Å². The van der Waals surface area contributed by atoms with Crippen LogP contribution in [0.4, 0.5) is 11.4 Å². The van der Waals surface area contributed by atoms with Gasteiger partial charge in [0.2, 0.25) is 0 Å². The molecule has 1 saturated heterocycles. The van der Waals surface area contributed by atoms with Crippen LogP contribution in [0.5, 0.6) is 11.5 Å². The first-order valence-electron chi connectivity index (χ1n) is 26.2. The van der Waals surface area contributed by atoms with Crippen LogP contribution in [0.15, 0.2) is 114 Å². The summed E-state index contributed by atoms with van der Waals surface area (Å²) in [5.41, 5.74) is 23.0. The average molecular weight is 1130 g/mol. The molecule has 16 heteroatoms. The number of nitrogens with one attached hydrogen (secondary N) is 2. The maximum Gasteiger partial charge on any atom is 0.496 e. The number of hydrogen-bond donors (Lipinski definition) is 4. The van der Waals surface area contributed by atoms with E-state index in [9.17, 15) is 9.59 Å². The summed E-state index contributed by atoms with van der Waals surface area (Å²) in [4.78, 5) is 32.0. The first-order chi connectivity index (χ1) is 36.6. The van der Waals surface area contributed by atoms with Crippen LogP contribution in [-0.4, -0.2) is 54.4 Å². The van der Waals surface area contributed by atoms with Crippen molar-refractivity contribution in [3.63, 3.8) is 0 Å². The number of esters is 2. The fourth-order valence-corrected chi connectivity index (χ4v) is 13.5. The lowest BCUT2D eigenvalue weighted by Crippen LogP contribution is -2.41. The third-order valence-electron chi connectivity index (χ3n) is 15.1. The predicted octanol–water partition coefficient (Wildman–Crippen LogP) is 14.9. The summed E-state index contributed by atoms with van der Waals surface area (Å²) < 4.78 is 37.1. The Kier molecular flexibility index (Phi) is 17.4. The van der Waals surface area contributed by atoms with Gasteiger partial charge in [-0.2, -0.15) is 0 Å². The van der Waals surface area contributed by atoms with Crippen molar-refractivity contribution in [3.8, 4) is 22.8 Å². The number of carbonyl (C=O) groups is 2. The molecule has 2 saturated carbocycles. The lowest BCUT2D eigenvalue weighted by Gasteiger charge is -2.32. The number of H-pyrrole nitrogens is 2. The van der Waals surface area contributed by atoms with Crippen molar-refractivity contribution in [3.05, 3.63) is 146 Å². The zero-order chi connectivity index (χ0) is 53.6. The van der Waals surface area contributed by atoms with Gasteiger partial charge in [0.15, 0.2) is 0 Å². The minimum atomic E-state index is -0.460. The number of benzene rings is 4. The number of fused-ring (bicyclic) bond motifs is 2. The smallest absolute Gasteiger partial charge is 0.489 e. The molecule has 0 atom stereocenters. The zero-order valence-electron chi connectivity index (χ0n) is 44.2. The SMILES string of the molecule is CC1(C)OB(c2ccc(OCc3ccccc3)cc2N)OC1(C)C.COC(=O)c1cc2[nH]c(-c3ccc(OCc4ccccc4)cc3N)c(C3CCCCC3)c2s1.COC(=O)c1cc2[nH]c(Br)c(C3CCCCC3)c2s1. The van der Waals surface area contributed by atoms with Crippen molar-refractivity contribution >= 4 is 94.9 Å². The molecular formula is C60H68BBrN4O8S2. The molecule has 398 valence electrons. The summed E-state index contributed by atoms with van der Waals surface area (Å²) in [7, 11) is 2.39. The van der Waals surface area contributed by atoms with Gasteiger partial charge in [0.05, 0.1) is 56.2 Å². The van der Waals surface area contributed by atoms with E-state index in [1.807, 2.05) is 137 Å². The first-order valence-corrected chi connectivity index (χ1v) is 28.7. The Labute approximate surface area is 462 Å². The van der Waals surface area contributed by atoms with Gasteiger partial charge in [-0.1, -0.05) is 105 Å². The van der Waals surface area contributed by atoms with Crippen molar-refractivity contribution in [1.29, 1.82) is 0 Å². The molecule has 2 aliphatic carbocycles. The van der Waals surface area contributed by atoms with E-state index in [1.165, 1.54) is 104 Å². The van der Waals surface area contributed by atoms with E-state index in [0.717, 1.165) is 72.5 Å². The normalized spacial score (nSPS) is 16.4. The van der Waals surface area contributed by atoms with Gasteiger partial charge in [0.25, 0.3) is 0 Å². The quantitative estimate of drug-likeness (QED) is 0.0524. The Morgan fingerprint density at radius 2 is 1.08 bits per heavy atom. The number of aromatic nitrogens is 2. The Hall–Kier alpha value is -6.04. The lowest BCUT2D eigenvalue weighted by molar-refractivity contribution is 0.00578. The van der Waals surface area contributed by atoms with E-state index >= 15 is 0 Å². The molecule has 3 fully saturated rings. The standard InChI is InChI=1S/C27H28N2O3S.C19H24BNO3.C14H16BrNO2S/c1-31-27(30)23-15-22-26(33-23)24(18-10-6-3-7-11-18)25(29-22)20-13-12-19(14-21(20)28)32-16-17-8-4-2-5-9-17;1-18(2)19(3,4)24-20(23-18)16-11-10-15(12-17(16)21)22-13-14-8-6-5-7-9-14;1-18-14(17)10-7-9-12(19-10)11(13(15)16-9)8-5-3-2-4-6-8/h2,4-5,8-9,12-15,18,29H,3,6-7,10-11,16,28H2,1H3;5-12H,13,21H2,1-4H3;7-8,16H,2-6H2,1H3. The third-order valence-corrected chi connectivity index (χ3v) is 18.0. The van der Waals surface area contributed by atoms with Crippen molar-refractivity contribution in [1.82, 2.24) is 9.97 Å². The van der Waals surface area contributed by atoms with Crippen molar-refractivity contribution < 1.29 is 37.8 Å². The summed E-state index contributed by atoms with van der Waals surface area (Å²) in [6.07, 6.45) is 12.5. The monoisotopic (exact) mass is 1130 g/mol. The largest absolute Gasteiger partial charge is 0.496 e. The summed E-state index contributed by atoms with van der Waals surface area (Å²) in [6, 6.07) is 35.5. The number of anilines is 2. The summed E-state index contributed by atoms with van der Waals surface area (Å²) in [5.74, 6) is 2.01. The van der Waals surface area contributed by atoms with Crippen LogP contribution in [-0.2, 0) is 32.0 Å². The van der Waals surface area contributed by atoms with Crippen LogP contribution in [0.2, 0.25) is 0 Å². The van der Waals surface area contributed by atoms with Crippen molar-refractivity contribution in [2.45, 2.75) is 128 Å². The molecule has 0 bridgehead atoms. The topological polar surface area (TPSA) is 173 Å². The van der Waals surface area contributed by atoms with E-state index in [2.05, 4.69) is 25.9 Å². The minimum absolute atomic E-state index is 0.250. The average Bonchev–Trinajstić information content (AvgIpc) is 4.25. The molecule has 11 rings (SSSR count). The lowest BCUT2D eigenvalue weighted by atomic mass is 9.78. The molecule has 76 heavy (non-hydrogen) atoms. The fourth-order valence-electron chi connectivity index (χ4n) is 10.3. The molecular weight excluding hydrogens is 1060 g/mol. The summed E-state index contributed by atoms with van der Waals surface area (Å²) >= 11 is 6.68. The van der Waals surface area contributed by atoms with Gasteiger partial charge in [-0.15, -0.1) is 22.7 Å². The van der Waals surface area contributed by atoms with E-state index in [1.54, 1.807) is 0 Å². The van der Waals surface area contributed by atoms with Gasteiger partial charge in [-0.3, -0.25) is 0 Å². The Bertz CT molecular complexity index is 3250. The highest BCUT2D eigenvalue weighted by Gasteiger charge is 2.52.